The molecule has 0 bridgehead atoms. The molecule has 0 spiro atoms. The largest absolute Gasteiger partial charge is 0.481 e. The lowest BCUT2D eigenvalue weighted by atomic mass is 9.95. The van der Waals surface area contributed by atoms with Gasteiger partial charge >= 0.3 is 0 Å². The molecule has 1 aromatic carbocycles. The van der Waals surface area contributed by atoms with Gasteiger partial charge in [0, 0.05) is 43.7 Å². The van der Waals surface area contributed by atoms with Crippen molar-refractivity contribution in [2.24, 2.45) is 5.92 Å². The van der Waals surface area contributed by atoms with E-state index >= 15 is 0 Å². The van der Waals surface area contributed by atoms with Gasteiger partial charge in [0.25, 0.3) is 11.8 Å². The second kappa shape index (κ2) is 9.89. The molecule has 2 aliphatic rings. The average molecular weight is 453 g/mol. The molecule has 2 fully saturated rings. The smallest absolute Gasteiger partial charge is 0.277 e. The molecule has 9 nitrogen and oxygen atoms in total. The number of amides is 3. The third-order valence-corrected chi connectivity index (χ3v) is 6.14. The van der Waals surface area contributed by atoms with Crippen molar-refractivity contribution in [2.45, 2.75) is 19.3 Å². The van der Waals surface area contributed by atoms with E-state index in [1.54, 1.807) is 34.2 Å². The summed E-state index contributed by atoms with van der Waals surface area (Å²) in [6, 6.07) is 12.4. The Bertz CT molecular complexity index is 1020. The fourth-order valence-corrected chi connectivity index (χ4v) is 4.35. The fourth-order valence-electron chi connectivity index (χ4n) is 4.35. The van der Waals surface area contributed by atoms with E-state index in [0.717, 1.165) is 0 Å². The van der Waals surface area contributed by atoms with E-state index in [1.165, 1.54) is 19.2 Å². The summed E-state index contributed by atoms with van der Waals surface area (Å²) in [5.41, 5.74) is 0.932. The number of ether oxygens (including phenoxy) is 2. The summed E-state index contributed by atoms with van der Waals surface area (Å²) in [4.78, 5) is 45.2. The molecule has 3 heterocycles. The number of nitrogens with zero attached hydrogens (tertiary/aromatic N) is 4. The van der Waals surface area contributed by atoms with Crippen LogP contribution < -0.4 is 9.47 Å². The van der Waals surface area contributed by atoms with Crippen molar-refractivity contribution in [3.63, 3.8) is 0 Å². The second-order valence-corrected chi connectivity index (χ2v) is 8.09. The highest BCUT2D eigenvalue weighted by Crippen LogP contribution is 2.27. The molecule has 0 aliphatic carbocycles. The second-order valence-electron chi connectivity index (χ2n) is 8.09. The van der Waals surface area contributed by atoms with Crippen molar-refractivity contribution < 1.29 is 23.9 Å². The zero-order valence-corrected chi connectivity index (χ0v) is 18.9. The minimum absolute atomic E-state index is 0.0152. The minimum Gasteiger partial charge on any atom is -0.481 e. The molecular formula is C24H28N4O5. The molecule has 9 heteroatoms. The van der Waals surface area contributed by atoms with Crippen molar-refractivity contribution in [3.05, 3.63) is 53.6 Å². The van der Waals surface area contributed by atoms with Crippen molar-refractivity contribution in [1.82, 2.24) is 19.9 Å². The van der Waals surface area contributed by atoms with Crippen LogP contribution >= 0.6 is 0 Å². The highest BCUT2D eigenvalue weighted by molar-refractivity contribution is 5.98. The molecule has 1 aromatic heterocycles. The predicted molar refractivity (Wildman–Crippen MR) is 120 cm³/mol. The predicted octanol–water partition coefficient (Wildman–Crippen LogP) is 2.24. The van der Waals surface area contributed by atoms with Crippen LogP contribution in [0.15, 0.2) is 42.5 Å². The van der Waals surface area contributed by atoms with Crippen LogP contribution in [0.25, 0.3) is 0 Å². The number of hydrazine groups is 1. The quantitative estimate of drug-likeness (QED) is 0.691. The number of carbonyl (C=O) groups excluding carboxylic acids is 3. The molecule has 2 saturated heterocycles. The summed E-state index contributed by atoms with van der Waals surface area (Å²) < 4.78 is 10.4. The average Bonchev–Trinajstić information content (AvgIpc) is 3.37. The zero-order chi connectivity index (χ0) is 23.4. The van der Waals surface area contributed by atoms with Crippen LogP contribution in [-0.2, 0) is 4.79 Å². The van der Waals surface area contributed by atoms with Gasteiger partial charge < -0.3 is 14.4 Å². The number of piperidine rings is 1. The van der Waals surface area contributed by atoms with E-state index < -0.39 is 0 Å². The molecule has 0 radical (unpaired) electrons. The molecule has 2 aliphatic heterocycles. The van der Waals surface area contributed by atoms with E-state index in [0.29, 0.717) is 56.9 Å². The highest BCUT2D eigenvalue weighted by Gasteiger charge is 2.37. The third kappa shape index (κ3) is 4.62. The van der Waals surface area contributed by atoms with Gasteiger partial charge in [-0.15, -0.1) is 0 Å². The van der Waals surface area contributed by atoms with Gasteiger partial charge in [-0.1, -0.05) is 18.2 Å². The number of rotatable bonds is 5. The lowest BCUT2D eigenvalue weighted by Crippen LogP contribution is -2.50. The summed E-state index contributed by atoms with van der Waals surface area (Å²) in [5, 5.41) is 3.03. The maximum Gasteiger partial charge on any atom is 0.277 e. The van der Waals surface area contributed by atoms with E-state index in [2.05, 4.69) is 4.98 Å². The van der Waals surface area contributed by atoms with Gasteiger partial charge in [0.05, 0.1) is 14.2 Å². The number of carbonyl (C=O) groups is 3. The van der Waals surface area contributed by atoms with Gasteiger partial charge in [-0.3, -0.25) is 19.4 Å². The van der Waals surface area contributed by atoms with Crippen LogP contribution in [0.1, 0.15) is 40.0 Å². The van der Waals surface area contributed by atoms with E-state index in [4.69, 9.17) is 9.47 Å². The molecule has 3 amide bonds. The van der Waals surface area contributed by atoms with Gasteiger partial charge in [0.2, 0.25) is 17.7 Å². The van der Waals surface area contributed by atoms with Crippen LogP contribution in [-0.4, -0.2) is 78.0 Å². The topological polar surface area (TPSA) is 92.3 Å². The summed E-state index contributed by atoms with van der Waals surface area (Å²) in [5.74, 6) is -0.147. The maximum absolute atomic E-state index is 13.3. The number of likely N-dealkylation sites (tertiary alicyclic amines) is 1. The Labute approximate surface area is 192 Å². The first-order valence-corrected chi connectivity index (χ1v) is 11.1. The van der Waals surface area contributed by atoms with Gasteiger partial charge in [-0.2, -0.15) is 4.98 Å². The Morgan fingerprint density at radius 3 is 2.21 bits per heavy atom. The molecular weight excluding hydrogens is 424 g/mol. The normalized spacial score (nSPS) is 16.6. The van der Waals surface area contributed by atoms with Crippen LogP contribution in [0.5, 0.6) is 11.8 Å². The highest BCUT2D eigenvalue weighted by atomic mass is 16.5. The van der Waals surface area contributed by atoms with E-state index in [-0.39, 0.29) is 35.1 Å². The maximum atomic E-state index is 13.3. The lowest BCUT2D eigenvalue weighted by Gasteiger charge is -2.35. The molecule has 0 atom stereocenters. The first-order chi connectivity index (χ1) is 16.0. The Hall–Kier alpha value is -3.62. The Morgan fingerprint density at radius 2 is 1.55 bits per heavy atom. The summed E-state index contributed by atoms with van der Waals surface area (Å²) in [7, 11) is 2.93. The Morgan fingerprint density at radius 1 is 0.848 bits per heavy atom. The van der Waals surface area contributed by atoms with Crippen molar-refractivity contribution >= 4 is 17.7 Å². The number of benzene rings is 1. The fraction of sp³-hybridized carbons (Fsp3) is 0.417. The van der Waals surface area contributed by atoms with Gasteiger partial charge in [0.1, 0.15) is 5.56 Å². The van der Waals surface area contributed by atoms with Gasteiger partial charge in [0.15, 0.2) is 0 Å². The molecule has 33 heavy (non-hydrogen) atoms. The standard InChI is InChI=1S/C24H28N4O5/c1-32-20-10-9-19(21(25-20)33-2)24(31)28-14-6-13-27(28)23(30)18-11-15-26(16-12-18)22(29)17-7-4-3-5-8-17/h3-5,7-10,18H,6,11-16H2,1-2H3. The minimum atomic E-state index is -0.329. The third-order valence-electron chi connectivity index (χ3n) is 6.14. The summed E-state index contributed by atoms with van der Waals surface area (Å²) in [6.45, 7) is 1.97. The van der Waals surface area contributed by atoms with Crippen molar-refractivity contribution in [2.75, 3.05) is 40.4 Å². The first-order valence-electron chi connectivity index (χ1n) is 11.1. The van der Waals surface area contributed by atoms with Crippen LogP contribution in [0.3, 0.4) is 0 Å². The van der Waals surface area contributed by atoms with Crippen LogP contribution in [0.2, 0.25) is 0 Å². The van der Waals surface area contributed by atoms with Gasteiger partial charge in [-0.05, 0) is 37.5 Å². The molecule has 2 aromatic rings. The first kappa shape index (κ1) is 22.6. The molecule has 174 valence electrons. The lowest BCUT2D eigenvalue weighted by molar-refractivity contribution is -0.146. The number of hydrogen-bond donors (Lipinski definition) is 0. The Kier molecular flexibility index (Phi) is 6.76. The molecule has 0 unspecified atom stereocenters. The monoisotopic (exact) mass is 452 g/mol. The number of methoxy groups -OCH3 is 2. The Balaban J connectivity index is 1.41. The van der Waals surface area contributed by atoms with E-state index in [9.17, 15) is 14.4 Å². The number of aromatic nitrogens is 1. The number of pyridine rings is 1. The van der Waals surface area contributed by atoms with Crippen LogP contribution in [0.4, 0.5) is 0 Å². The SMILES string of the molecule is COc1ccc(C(=O)N2CCCN2C(=O)C2CCN(C(=O)c3ccccc3)CC2)c(OC)n1. The van der Waals surface area contributed by atoms with Crippen LogP contribution in [0, 0.1) is 5.92 Å². The number of hydrogen-bond acceptors (Lipinski definition) is 6. The van der Waals surface area contributed by atoms with Crippen molar-refractivity contribution in [3.8, 4) is 11.8 Å². The van der Waals surface area contributed by atoms with E-state index in [1.807, 2.05) is 18.2 Å². The summed E-state index contributed by atoms with van der Waals surface area (Å²) in [6.07, 6.45) is 1.85. The molecule has 0 N–H and O–H groups in total. The van der Waals surface area contributed by atoms with Crippen molar-refractivity contribution in [1.29, 1.82) is 0 Å². The molecule has 4 rings (SSSR count). The summed E-state index contributed by atoms with van der Waals surface area (Å²) >= 11 is 0. The molecule has 0 saturated carbocycles. The van der Waals surface area contributed by atoms with Gasteiger partial charge in [-0.25, -0.2) is 5.01 Å². The zero-order valence-electron chi connectivity index (χ0n) is 18.9.